The Morgan fingerprint density at radius 2 is 1.94 bits per heavy atom. The van der Waals surface area contributed by atoms with Crippen LogP contribution in [-0.2, 0) is 15.3 Å². The van der Waals surface area contributed by atoms with Crippen LogP contribution in [0.3, 0.4) is 0 Å². The number of aliphatic imine (C=N–C) groups is 1. The molecule has 0 aromatic heterocycles. The van der Waals surface area contributed by atoms with Crippen molar-refractivity contribution in [3.63, 3.8) is 0 Å². The summed E-state index contributed by atoms with van der Waals surface area (Å²) in [6.45, 7) is 1.76. The maximum absolute atomic E-state index is 12.6. The van der Waals surface area contributed by atoms with Crippen LogP contribution in [0.5, 0.6) is 11.5 Å². The third-order valence-corrected chi connectivity index (χ3v) is 6.95. The summed E-state index contributed by atoms with van der Waals surface area (Å²) in [6, 6.07) is 10.2. The first kappa shape index (κ1) is 22.2. The van der Waals surface area contributed by atoms with Crippen LogP contribution in [0.2, 0.25) is 0 Å². The van der Waals surface area contributed by atoms with Gasteiger partial charge in [0.25, 0.3) is 5.91 Å². The van der Waals surface area contributed by atoms with Gasteiger partial charge in [0.15, 0.2) is 23.9 Å². The lowest BCUT2D eigenvalue weighted by Gasteiger charge is -2.12. The Bertz CT molecular complexity index is 1100. The van der Waals surface area contributed by atoms with Gasteiger partial charge in [0, 0.05) is 23.1 Å². The summed E-state index contributed by atoms with van der Waals surface area (Å²) in [6.07, 6.45) is 0. The van der Waals surface area contributed by atoms with Gasteiger partial charge in [-0.2, -0.15) is 0 Å². The third kappa shape index (κ3) is 5.25. The molecule has 0 saturated heterocycles. The zero-order chi connectivity index (χ0) is 22.5. The minimum atomic E-state index is -0.588. The fourth-order valence-electron chi connectivity index (χ4n) is 3.12. The van der Waals surface area contributed by atoms with E-state index in [0.29, 0.717) is 22.8 Å². The molecule has 2 aromatic rings. The lowest BCUT2D eigenvalue weighted by molar-refractivity contribution is -0.119. The number of fused-ring (bicyclic) bond motifs is 1. The van der Waals surface area contributed by atoms with Crippen LogP contribution in [0.25, 0.3) is 0 Å². The zero-order valence-electron chi connectivity index (χ0n) is 17.2. The Balaban J connectivity index is 1.38. The molecule has 4 rings (SSSR count). The molecule has 0 aliphatic carbocycles. The van der Waals surface area contributed by atoms with Crippen molar-refractivity contribution in [2.24, 2.45) is 4.99 Å². The number of rotatable bonds is 7. The fourth-order valence-corrected chi connectivity index (χ4v) is 5.13. The molecule has 0 radical (unpaired) electrons. The molecule has 2 aliphatic heterocycles. The smallest absolute Gasteiger partial charge is 0.338 e. The molecular weight excluding hydrogens is 452 g/mol. The van der Waals surface area contributed by atoms with E-state index in [1.54, 1.807) is 35.7 Å². The van der Waals surface area contributed by atoms with Crippen molar-refractivity contribution in [1.82, 2.24) is 0 Å². The molecule has 166 valence electrons. The fraction of sp³-hybridized carbons (Fsp3) is 0.273. The molecule has 0 saturated carbocycles. The highest BCUT2D eigenvalue weighted by atomic mass is 32.2. The molecule has 2 heterocycles. The van der Waals surface area contributed by atoms with Crippen molar-refractivity contribution in [2.45, 2.75) is 12.7 Å². The average molecular weight is 473 g/mol. The lowest BCUT2D eigenvalue weighted by atomic mass is 10.1. The topological polar surface area (TPSA) is 103 Å². The lowest BCUT2D eigenvalue weighted by Crippen LogP contribution is -2.22. The molecule has 0 spiro atoms. The summed E-state index contributed by atoms with van der Waals surface area (Å²) in [5.74, 6) is 1.04. The van der Waals surface area contributed by atoms with E-state index in [0.717, 1.165) is 22.2 Å². The number of ketones is 1. The minimum absolute atomic E-state index is 0.0470. The molecule has 8 nitrogen and oxygen atoms in total. The Morgan fingerprint density at radius 3 is 2.69 bits per heavy atom. The Morgan fingerprint density at radius 1 is 1.16 bits per heavy atom. The first-order chi connectivity index (χ1) is 15.5. The summed E-state index contributed by atoms with van der Waals surface area (Å²) < 4.78 is 16.8. The molecule has 0 atom stereocenters. The van der Waals surface area contributed by atoms with E-state index in [4.69, 9.17) is 14.2 Å². The van der Waals surface area contributed by atoms with E-state index in [-0.39, 0.29) is 23.8 Å². The van der Waals surface area contributed by atoms with E-state index in [1.165, 1.54) is 19.1 Å². The molecule has 32 heavy (non-hydrogen) atoms. The normalized spacial score (nSPS) is 14.1. The molecule has 2 aromatic carbocycles. The van der Waals surface area contributed by atoms with Crippen LogP contribution in [0.15, 0.2) is 41.4 Å². The van der Waals surface area contributed by atoms with Gasteiger partial charge in [-0.3, -0.25) is 14.6 Å². The van der Waals surface area contributed by atoms with E-state index in [9.17, 15) is 14.4 Å². The molecule has 10 heteroatoms. The minimum Gasteiger partial charge on any atom is -0.454 e. The molecule has 0 bridgehead atoms. The number of Topliss-reactive ketones (excluding diaryl/α,β-unsaturated/α-hetero) is 1. The number of carbonyl (C=O) groups excluding carboxylic acids is 3. The van der Waals surface area contributed by atoms with E-state index < -0.39 is 18.5 Å². The number of hydrogen-bond donors (Lipinski definition) is 1. The van der Waals surface area contributed by atoms with Crippen molar-refractivity contribution in [3.05, 3.63) is 53.1 Å². The van der Waals surface area contributed by atoms with Gasteiger partial charge in [0.05, 0.1) is 17.8 Å². The maximum atomic E-state index is 12.6. The summed E-state index contributed by atoms with van der Waals surface area (Å²) in [5.41, 5.74) is 1.77. The van der Waals surface area contributed by atoms with Crippen molar-refractivity contribution in [1.29, 1.82) is 0 Å². The van der Waals surface area contributed by atoms with Crippen LogP contribution in [0, 0.1) is 0 Å². The predicted octanol–water partition coefficient (Wildman–Crippen LogP) is 3.75. The summed E-state index contributed by atoms with van der Waals surface area (Å²) in [4.78, 5) is 41.4. The highest BCUT2D eigenvalue weighted by Crippen LogP contribution is 2.37. The SMILES string of the molecule is CC(=O)c1cc2c(cc1NC(=O)COC(=O)c1ccccc1CSC1=NCCS1)OCO2. The van der Waals surface area contributed by atoms with Crippen molar-refractivity contribution in [2.75, 3.05) is 31.0 Å². The standard InChI is InChI=1S/C22H20N2O6S2/c1-13(25)16-8-18-19(30-12-29-18)9-17(16)24-20(26)10-28-21(27)15-5-3-2-4-14(15)11-32-22-23-6-7-31-22/h2-5,8-9H,6-7,10-12H2,1H3,(H,24,26). The molecule has 0 fully saturated rings. The van der Waals surface area contributed by atoms with Gasteiger partial charge in [-0.25, -0.2) is 4.79 Å². The second-order valence-corrected chi connectivity index (χ2v) is 9.18. The van der Waals surface area contributed by atoms with E-state index in [2.05, 4.69) is 10.3 Å². The Labute approximate surface area is 193 Å². The Hall–Kier alpha value is -2.98. The van der Waals surface area contributed by atoms with Crippen LogP contribution in [0.1, 0.15) is 33.2 Å². The van der Waals surface area contributed by atoms with Gasteiger partial charge in [0.1, 0.15) is 4.38 Å². The monoisotopic (exact) mass is 472 g/mol. The average Bonchev–Trinajstić information content (AvgIpc) is 3.47. The van der Waals surface area contributed by atoms with Gasteiger partial charge in [0.2, 0.25) is 6.79 Å². The number of ether oxygens (including phenoxy) is 3. The molecule has 1 N–H and O–H groups in total. The van der Waals surface area contributed by atoms with Crippen molar-refractivity contribution < 1.29 is 28.6 Å². The number of nitrogens with one attached hydrogen (secondary N) is 1. The second-order valence-electron chi connectivity index (χ2n) is 6.87. The van der Waals surface area contributed by atoms with Gasteiger partial charge in [-0.1, -0.05) is 41.7 Å². The van der Waals surface area contributed by atoms with Crippen LogP contribution in [-0.4, -0.2) is 47.7 Å². The number of carbonyl (C=O) groups is 3. The number of esters is 1. The number of hydrogen-bond acceptors (Lipinski definition) is 9. The van der Waals surface area contributed by atoms with Gasteiger partial charge in [-0.05, 0) is 24.6 Å². The van der Waals surface area contributed by atoms with Crippen LogP contribution in [0.4, 0.5) is 5.69 Å². The van der Waals surface area contributed by atoms with E-state index in [1.807, 2.05) is 12.1 Å². The first-order valence-corrected chi connectivity index (χ1v) is 11.8. The highest BCUT2D eigenvalue weighted by Gasteiger charge is 2.21. The van der Waals surface area contributed by atoms with E-state index >= 15 is 0 Å². The molecular formula is C22H20N2O6S2. The van der Waals surface area contributed by atoms with Gasteiger partial charge >= 0.3 is 5.97 Å². The number of thioether (sulfide) groups is 2. The number of amides is 1. The highest BCUT2D eigenvalue weighted by molar-refractivity contribution is 8.38. The Kier molecular flexibility index (Phi) is 7.01. The van der Waals surface area contributed by atoms with Crippen molar-refractivity contribution in [3.8, 4) is 11.5 Å². The van der Waals surface area contributed by atoms with Crippen LogP contribution < -0.4 is 14.8 Å². The second kappa shape index (κ2) is 10.1. The predicted molar refractivity (Wildman–Crippen MR) is 124 cm³/mol. The number of benzene rings is 2. The summed E-state index contributed by atoms with van der Waals surface area (Å²) in [7, 11) is 0. The first-order valence-electron chi connectivity index (χ1n) is 9.81. The molecule has 2 aliphatic rings. The van der Waals surface area contributed by atoms with Gasteiger partial charge in [-0.15, -0.1) is 0 Å². The largest absolute Gasteiger partial charge is 0.454 e. The molecule has 0 unspecified atom stereocenters. The third-order valence-electron chi connectivity index (χ3n) is 4.65. The van der Waals surface area contributed by atoms with Crippen LogP contribution >= 0.6 is 23.5 Å². The van der Waals surface area contributed by atoms with Crippen molar-refractivity contribution >= 4 is 51.2 Å². The maximum Gasteiger partial charge on any atom is 0.338 e. The quantitative estimate of drug-likeness (QED) is 0.480. The van der Waals surface area contributed by atoms with Gasteiger partial charge < -0.3 is 19.5 Å². The summed E-state index contributed by atoms with van der Waals surface area (Å²) in [5, 5.41) is 2.61. The molecule has 1 amide bonds. The number of nitrogens with zero attached hydrogens (tertiary/aromatic N) is 1. The zero-order valence-corrected chi connectivity index (χ0v) is 18.8. The summed E-state index contributed by atoms with van der Waals surface area (Å²) >= 11 is 3.29. The number of anilines is 1.